The molecule has 1 aliphatic carbocycles. The Morgan fingerprint density at radius 3 is 2.79 bits per heavy atom. The highest BCUT2D eigenvalue weighted by Gasteiger charge is 2.47. The molecule has 0 amide bonds. The molecule has 0 fully saturated rings. The second-order valence-corrected chi connectivity index (χ2v) is 5.12. The monoisotopic (exact) mass is 191 g/mol. The van der Waals surface area contributed by atoms with Crippen LogP contribution in [0.5, 0.6) is 0 Å². The van der Waals surface area contributed by atoms with Gasteiger partial charge in [-0.3, -0.25) is 4.98 Å². The molecule has 1 aromatic rings. The lowest BCUT2D eigenvalue weighted by Gasteiger charge is -2.36. The molecule has 0 spiro atoms. The fourth-order valence-corrected chi connectivity index (χ4v) is 2.18. The second kappa shape index (κ2) is 2.80. The van der Waals surface area contributed by atoms with Gasteiger partial charge in [-0.2, -0.15) is 0 Å². The van der Waals surface area contributed by atoms with Crippen molar-refractivity contribution in [3.63, 3.8) is 0 Å². The second-order valence-electron chi connectivity index (χ2n) is 5.12. The van der Waals surface area contributed by atoms with E-state index < -0.39 is 5.60 Å². The molecule has 2 heteroatoms. The lowest BCUT2D eigenvalue weighted by atomic mass is 9.75. The van der Waals surface area contributed by atoms with Gasteiger partial charge in [0.2, 0.25) is 0 Å². The summed E-state index contributed by atoms with van der Waals surface area (Å²) in [6.07, 6.45) is 3.50. The highest BCUT2D eigenvalue weighted by molar-refractivity contribution is 5.32. The lowest BCUT2D eigenvalue weighted by molar-refractivity contribution is -0.0655. The Morgan fingerprint density at radius 1 is 1.43 bits per heavy atom. The molecular weight excluding hydrogens is 174 g/mol. The maximum absolute atomic E-state index is 10.6. The van der Waals surface area contributed by atoms with Gasteiger partial charge in [-0.05, 0) is 29.9 Å². The SMILES string of the molecule is CC(C)(C)[C@]1(O)CCc2cccnc21. The predicted octanol–water partition coefficient (Wildman–Crippen LogP) is 2.26. The van der Waals surface area contributed by atoms with Gasteiger partial charge in [0, 0.05) is 6.20 Å². The third-order valence-corrected chi connectivity index (χ3v) is 3.28. The number of nitrogens with zero attached hydrogens (tertiary/aromatic N) is 1. The Labute approximate surface area is 85.0 Å². The van der Waals surface area contributed by atoms with Crippen molar-refractivity contribution >= 4 is 0 Å². The molecule has 0 unspecified atom stereocenters. The van der Waals surface area contributed by atoms with Crippen molar-refractivity contribution < 1.29 is 5.11 Å². The van der Waals surface area contributed by atoms with Crippen molar-refractivity contribution in [1.29, 1.82) is 0 Å². The van der Waals surface area contributed by atoms with Crippen LogP contribution in [-0.2, 0) is 12.0 Å². The molecule has 0 saturated carbocycles. The van der Waals surface area contributed by atoms with Crippen LogP contribution in [0.15, 0.2) is 18.3 Å². The molecule has 1 heterocycles. The maximum Gasteiger partial charge on any atom is 0.112 e. The standard InChI is InChI=1S/C12H17NO/c1-11(2,3)12(14)7-6-9-5-4-8-13-10(9)12/h4-5,8,14H,6-7H2,1-3H3/t12-/m0/s1. The topological polar surface area (TPSA) is 33.1 Å². The van der Waals surface area contributed by atoms with Crippen molar-refractivity contribution in [2.45, 2.75) is 39.2 Å². The predicted molar refractivity (Wildman–Crippen MR) is 55.9 cm³/mol. The first-order valence-electron chi connectivity index (χ1n) is 5.12. The Balaban J connectivity index is 2.53. The third-order valence-electron chi connectivity index (χ3n) is 3.28. The Hall–Kier alpha value is -0.890. The molecule has 2 nitrogen and oxygen atoms in total. The highest BCUT2D eigenvalue weighted by atomic mass is 16.3. The van der Waals surface area contributed by atoms with Crippen LogP contribution in [0.4, 0.5) is 0 Å². The van der Waals surface area contributed by atoms with Crippen LogP contribution >= 0.6 is 0 Å². The van der Waals surface area contributed by atoms with Crippen molar-refractivity contribution in [1.82, 2.24) is 4.98 Å². The van der Waals surface area contributed by atoms with Gasteiger partial charge >= 0.3 is 0 Å². The first kappa shape index (κ1) is 9.66. The summed E-state index contributed by atoms with van der Waals surface area (Å²) in [5, 5.41) is 10.6. The van der Waals surface area contributed by atoms with Crippen LogP contribution in [0.25, 0.3) is 0 Å². The number of aliphatic hydroxyl groups is 1. The number of hydrogen-bond donors (Lipinski definition) is 1. The zero-order valence-electron chi connectivity index (χ0n) is 9.04. The number of hydrogen-bond acceptors (Lipinski definition) is 2. The number of rotatable bonds is 0. The molecule has 1 aliphatic rings. The van der Waals surface area contributed by atoms with E-state index in [1.807, 2.05) is 6.07 Å². The minimum atomic E-state index is -0.746. The Kier molecular flexibility index (Phi) is 1.93. The molecule has 0 radical (unpaired) electrons. The van der Waals surface area contributed by atoms with Crippen molar-refractivity contribution in [2.75, 3.05) is 0 Å². The average Bonchev–Trinajstić information content (AvgIpc) is 2.45. The van der Waals surface area contributed by atoms with Gasteiger partial charge in [0.05, 0.1) is 5.69 Å². The van der Waals surface area contributed by atoms with E-state index in [1.165, 1.54) is 5.56 Å². The van der Waals surface area contributed by atoms with Crippen LogP contribution < -0.4 is 0 Å². The van der Waals surface area contributed by atoms with Gasteiger partial charge in [-0.25, -0.2) is 0 Å². The summed E-state index contributed by atoms with van der Waals surface area (Å²) in [5.41, 5.74) is 1.19. The quantitative estimate of drug-likeness (QED) is 0.682. The number of fused-ring (bicyclic) bond motifs is 1. The van der Waals surface area contributed by atoms with Crippen molar-refractivity contribution in [3.05, 3.63) is 29.6 Å². The van der Waals surface area contributed by atoms with E-state index in [0.29, 0.717) is 0 Å². The summed E-state index contributed by atoms with van der Waals surface area (Å²) in [7, 11) is 0. The molecule has 1 atom stereocenters. The minimum Gasteiger partial charge on any atom is -0.383 e. The van der Waals surface area contributed by atoms with E-state index in [1.54, 1.807) is 6.20 Å². The zero-order chi connectivity index (χ0) is 10.4. The Bertz CT molecular complexity index is 354. The molecule has 0 saturated heterocycles. The van der Waals surface area contributed by atoms with Crippen LogP contribution in [0.1, 0.15) is 38.4 Å². The van der Waals surface area contributed by atoms with Gasteiger partial charge < -0.3 is 5.11 Å². The van der Waals surface area contributed by atoms with E-state index in [9.17, 15) is 5.11 Å². The van der Waals surface area contributed by atoms with Crippen LogP contribution in [-0.4, -0.2) is 10.1 Å². The molecule has 14 heavy (non-hydrogen) atoms. The molecule has 1 aromatic heterocycles. The number of aryl methyl sites for hydroxylation is 1. The number of pyridine rings is 1. The van der Waals surface area contributed by atoms with Crippen molar-refractivity contribution in [3.8, 4) is 0 Å². The van der Waals surface area contributed by atoms with Crippen molar-refractivity contribution in [2.24, 2.45) is 5.41 Å². The lowest BCUT2D eigenvalue weighted by Crippen LogP contribution is -2.38. The van der Waals surface area contributed by atoms with Gasteiger partial charge in [-0.15, -0.1) is 0 Å². The third kappa shape index (κ3) is 1.17. The number of aromatic nitrogens is 1. The first-order chi connectivity index (χ1) is 6.45. The van der Waals surface area contributed by atoms with Crippen LogP contribution in [0.3, 0.4) is 0 Å². The van der Waals surface area contributed by atoms with E-state index in [4.69, 9.17) is 0 Å². The summed E-state index contributed by atoms with van der Waals surface area (Å²) in [6.45, 7) is 6.20. The normalized spacial score (nSPS) is 26.3. The molecule has 0 aromatic carbocycles. The summed E-state index contributed by atoms with van der Waals surface area (Å²) < 4.78 is 0. The molecule has 1 N–H and O–H groups in total. The van der Waals surface area contributed by atoms with Gasteiger partial charge in [-0.1, -0.05) is 26.8 Å². The van der Waals surface area contributed by atoms with Crippen LogP contribution in [0, 0.1) is 5.41 Å². The Morgan fingerprint density at radius 2 is 2.14 bits per heavy atom. The van der Waals surface area contributed by atoms with E-state index in [0.717, 1.165) is 18.5 Å². The largest absolute Gasteiger partial charge is 0.383 e. The summed E-state index contributed by atoms with van der Waals surface area (Å²) in [6, 6.07) is 4.00. The van der Waals surface area contributed by atoms with E-state index in [-0.39, 0.29) is 5.41 Å². The van der Waals surface area contributed by atoms with Gasteiger partial charge in [0.15, 0.2) is 0 Å². The van der Waals surface area contributed by atoms with E-state index >= 15 is 0 Å². The fraction of sp³-hybridized carbons (Fsp3) is 0.583. The molecule has 0 bridgehead atoms. The minimum absolute atomic E-state index is 0.146. The highest BCUT2D eigenvalue weighted by Crippen LogP contribution is 2.47. The fourth-order valence-electron chi connectivity index (χ4n) is 2.18. The van der Waals surface area contributed by atoms with Gasteiger partial charge in [0.1, 0.15) is 5.60 Å². The smallest absolute Gasteiger partial charge is 0.112 e. The summed E-state index contributed by atoms with van der Waals surface area (Å²) in [5.74, 6) is 0. The summed E-state index contributed by atoms with van der Waals surface area (Å²) >= 11 is 0. The molecule has 2 rings (SSSR count). The molecule has 0 aliphatic heterocycles. The zero-order valence-corrected chi connectivity index (χ0v) is 9.04. The first-order valence-corrected chi connectivity index (χ1v) is 5.12. The maximum atomic E-state index is 10.6. The average molecular weight is 191 g/mol. The molecule has 76 valence electrons. The van der Waals surface area contributed by atoms with Gasteiger partial charge in [0.25, 0.3) is 0 Å². The molecular formula is C12H17NO. The van der Waals surface area contributed by atoms with Crippen LogP contribution in [0.2, 0.25) is 0 Å². The summed E-state index contributed by atoms with van der Waals surface area (Å²) in [4.78, 5) is 4.33. The van der Waals surface area contributed by atoms with E-state index in [2.05, 4.69) is 31.8 Å².